The van der Waals surface area contributed by atoms with Crippen LogP contribution in [-0.4, -0.2) is 0 Å². The molecule has 0 amide bonds. The average molecular weight is 325 g/mol. The number of thiophene rings is 1. The van der Waals surface area contributed by atoms with Crippen LogP contribution >= 0.6 is 27.3 Å². The van der Waals surface area contributed by atoms with Crippen molar-refractivity contribution in [2.24, 2.45) is 5.84 Å². The van der Waals surface area contributed by atoms with Crippen LogP contribution in [-0.2, 0) is 5.41 Å². The second-order valence-electron chi connectivity index (χ2n) is 4.82. The summed E-state index contributed by atoms with van der Waals surface area (Å²) < 4.78 is 1.11. The molecule has 2 nitrogen and oxygen atoms in total. The van der Waals surface area contributed by atoms with Crippen LogP contribution < -0.4 is 11.3 Å². The summed E-state index contributed by atoms with van der Waals surface area (Å²) in [5.74, 6) is 5.79. The molecule has 0 bridgehead atoms. The summed E-state index contributed by atoms with van der Waals surface area (Å²) in [5, 5.41) is 2.07. The second-order valence-corrected chi connectivity index (χ2v) is 6.62. The number of hydrogen-bond acceptors (Lipinski definition) is 3. The van der Waals surface area contributed by atoms with Gasteiger partial charge in [0.25, 0.3) is 0 Å². The number of hydrazine groups is 1. The van der Waals surface area contributed by atoms with Gasteiger partial charge in [0.05, 0.1) is 6.04 Å². The molecular weight excluding hydrogens is 308 g/mol. The van der Waals surface area contributed by atoms with E-state index >= 15 is 0 Å². The molecule has 2 aromatic rings. The van der Waals surface area contributed by atoms with Crippen molar-refractivity contribution in [3.63, 3.8) is 0 Å². The summed E-state index contributed by atoms with van der Waals surface area (Å²) >= 11 is 5.30. The van der Waals surface area contributed by atoms with Crippen molar-refractivity contribution in [2.45, 2.75) is 25.3 Å². The number of rotatable bonds is 4. The molecule has 4 heteroatoms. The normalized spacial score (nSPS) is 13.6. The van der Waals surface area contributed by atoms with Crippen molar-refractivity contribution in [3.8, 4) is 0 Å². The molecule has 1 aromatic heterocycles. The largest absolute Gasteiger partial charge is 0.271 e. The predicted molar refractivity (Wildman–Crippen MR) is 81.6 cm³/mol. The van der Waals surface area contributed by atoms with E-state index in [2.05, 4.69) is 70.9 Å². The van der Waals surface area contributed by atoms with Crippen LogP contribution in [0.4, 0.5) is 0 Å². The number of halogens is 1. The smallest absolute Gasteiger partial charge is 0.0655 e. The fourth-order valence-corrected chi connectivity index (χ4v) is 4.00. The van der Waals surface area contributed by atoms with Crippen LogP contribution in [0.2, 0.25) is 0 Å². The van der Waals surface area contributed by atoms with Gasteiger partial charge in [-0.25, -0.2) is 0 Å². The SMILES string of the molecule is CC(C)(c1ccccc1)C(NN)c1sccc1Br. The summed E-state index contributed by atoms with van der Waals surface area (Å²) in [6, 6.07) is 12.6. The summed E-state index contributed by atoms with van der Waals surface area (Å²) in [5.41, 5.74) is 4.16. The van der Waals surface area contributed by atoms with Gasteiger partial charge in [0.15, 0.2) is 0 Å². The molecule has 0 saturated heterocycles. The maximum absolute atomic E-state index is 5.79. The van der Waals surface area contributed by atoms with Crippen molar-refractivity contribution in [1.29, 1.82) is 0 Å². The summed E-state index contributed by atoms with van der Waals surface area (Å²) in [4.78, 5) is 1.23. The third-order valence-electron chi connectivity index (χ3n) is 3.31. The van der Waals surface area contributed by atoms with Gasteiger partial charge < -0.3 is 0 Å². The Bertz CT molecular complexity index is 508. The van der Waals surface area contributed by atoms with Gasteiger partial charge in [-0.05, 0) is 32.9 Å². The molecule has 2 rings (SSSR count). The van der Waals surface area contributed by atoms with Crippen molar-refractivity contribution < 1.29 is 0 Å². The maximum atomic E-state index is 5.79. The van der Waals surface area contributed by atoms with Crippen LogP contribution in [0.3, 0.4) is 0 Å². The third kappa shape index (κ3) is 2.52. The first-order valence-corrected chi connectivity index (χ1v) is 7.49. The first-order valence-electron chi connectivity index (χ1n) is 5.82. The summed E-state index contributed by atoms with van der Waals surface area (Å²) in [7, 11) is 0. The van der Waals surface area contributed by atoms with Gasteiger partial charge >= 0.3 is 0 Å². The Labute approximate surface area is 120 Å². The number of hydrogen-bond donors (Lipinski definition) is 2. The quantitative estimate of drug-likeness (QED) is 0.659. The van der Waals surface area contributed by atoms with E-state index in [9.17, 15) is 0 Å². The minimum Gasteiger partial charge on any atom is -0.271 e. The van der Waals surface area contributed by atoms with Gasteiger partial charge in [-0.2, -0.15) is 0 Å². The molecule has 3 N–H and O–H groups in total. The van der Waals surface area contributed by atoms with Crippen LogP contribution in [0.1, 0.15) is 30.3 Å². The van der Waals surface area contributed by atoms with E-state index in [-0.39, 0.29) is 11.5 Å². The van der Waals surface area contributed by atoms with Crippen molar-refractivity contribution in [3.05, 3.63) is 56.7 Å². The third-order valence-corrected chi connectivity index (χ3v) is 5.25. The zero-order valence-corrected chi connectivity index (χ0v) is 12.9. The van der Waals surface area contributed by atoms with Gasteiger partial charge in [-0.15, -0.1) is 11.3 Å². The molecule has 0 aliphatic carbocycles. The molecule has 96 valence electrons. The molecule has 1 aromatic carbocycles. The molecule has 1 unspecified atom stereocenters. The molecule has 0 radical (unpaired) electrons. The maximum Gasteiger partial charge on any atom is 0.0655 e. The molecule has 0 aliphatic rings. The fraction of sp³-hybridized carbons (Fsp3) is 0.286. The van der Waals surface area contributed by atoms with Crippen LogP contribution in [0, 0.1) is 0 Å². The Morgan fingerprint density at radius 1 is 1.22 bits per heavy atom. The standard InChI is InChI=1S/C14H17BrN2S/c1-14(2,10-6-4-3-5-7-10)13(17-16)12-11(15)8-9-18-12/h3-9,13,17H,16H2,1-2H3. The zero-order chi connectivity index (χ0) is 13.2. The molecule has 1 atom stereocenters. The predicted octanol–water partition coefficient (Wildman–Crippen LogP) is 3.99. The Morgan fingerprint density at radius 3 is 2.39 bits per heavy atom. The number of benzene rings is 1. The zero-order valence-electron chi connectivity index (χ0n) is 10.5. The lowest BCUT2D eigenvalue weighted by molar-refractivity contribution is 0.357. The highest BCUT2D eigenvalue weighted by molar-refractivity contribution is 9.10. The van der Waals surface area contributed by atoms with Crippen molar-refractivity contribution in [1.82, 2.24) is 5.43 Å². The Hall–Kier alpha value is -0.680. The lowest BCUT2D eigenvalue weighted by Crippen LogP contribution is -2.40. The highest BCUT2D eigenvalue weighted by atomic mass is 79.9. The first kappa shape index (κ1) is 13.7. The minimum atomic E-state index is -0.0800. The first-order chi connectivity index (χ1) is 8.57. The molecule has 0 spiro atoms. The fourth-order valence-electron chi connectivity index (χ4n) is 2.16. The van der Waals surface area contributed by atoms with E-state index in [4.69, 9.17) is 5.84 Å². The van der Waals surface area contributed by atoms with Crippen molar-refractivity contribution >= 4 is 27.3 Å². The Kier molecular flexibility index (Phi) is 4.22. The monoisotopic (exact) mass is 324 g/mol. The molecular formula is C14H17BrN2S. The molecule has 1 heterocycles. The highest BCUT2D eigenvalue weighted by Crippen LogP contribution is 2.41. The van der Waals surface area contributed by atoms with Gasteiger partial charge in [0, 0.05) is 14.8 Å². The van der Waals surface area contributed by atoms with Gasteiger partial charge in [-0.1, -0.05) is 44.2 Å². The van der Waals surface area contributed by atoms with Gasteiger partial charge in [0.2, 0.25) is 0 Å². The lowest BCUT2D eigenvalue weighted by Gasteiger charge is -2.34. The summed E-state index contributed by atoms with van der Waals surface area (Å²) in [6.07, 6.45) is 0. The molecule has 18 heavy (non-hydrogen) atoms. The van der Waals surface area contributed by atoms with E-state index in [0.29, 0.717) is 0 Å². The molecule has 0 saturated carbocycles. The topological polar surface area (TPSA) is 38.0 Å². The minimum absolute atomic E-state index is 0.0780. The van der Waals surface area contributed by atoms with E-state index < -0.39 is 0 Å². The van der Waals surface area contributed by atoms with Crippen LogP contribution in [0.5, 0.6) is 0 Å². The summed E-state index contributed by atoms with van der Waals surface area (Å²) in [6.45, 7) is 4.41. The highest BCUT2D eigenvalue weighted by Gasteiger charge is 2.33. The second kappa shape index (κ2) is 5.53. The van der Waals surface area contributed by atoms with Gasteiger partial charge in [-0.3, -0.25) is 11.3 Å². The van der Waals surface area contributed by atoms with E-state index in [1.807, 2.05) is 6.07 Å². The Morgan fingerprint density at radius 2 is 1.89 bits per heavy atom. The van der Waals surface area contributed by atoms with Crippen LogP contribution in [0.15, 0.2) is 46.3 Å². The number of nitrogens with two attached hydrogens (primary N) is 1. The van der Waals surface area contributed by atoms with Gasteiger partial charge in [0.1, 0.15) is 0 Å². The number of nitrogens with one attached hydrogen (secondary N) is 1. The van der Waals surface area contributed by atoms with Crippen molar-refractivity contribution in [2.75, 3.05) is 0 Å². The van der Waals surface area contributed by atoms with E-state index in [1.165, 1.54) is 10.4 Å². The van der Waals surface area contributed by atoms with E-state index in [0.717, 1.165) is 4.47 Å². The molecule has 0 aliphatic heterocycles. The van der Waals surface area contributed by atoms with E-state index in [1.54, 1.807) is 11.3 Å². The van der Waals surface area contributed by atoms with Crippen LogP contribution in [0.25, 0.3) is 0 Å². The average Bonchev–Trinajstić information content (AvgIpc) is 2.78. The molecule has 0 fully saturated rings. The Balaban J connectivity index is 2.42. The lowest BCUT2D eigenvalue weighted by atomic mass is 9.77.